The Morgan fingerprint density at radius 3 is 2.61 bits per heavy atom. The van der Waals surface area contributed by atoms with Crippen molar-refractivity contribution in [2.75, 3.05) is 11.1 Å². The molecular formula is C14H15FN2O. The lowest BCUT2D eigenvalue weighted by Crippen LogP contribution is -2.03. The van der Waals surface area contributed by atoms with Gasteiger partial charge in [0.25, 0.3) is 0 Å². The third-order valence-electron chi connectivity index (χ3n) is 2.67. The standard InChI is InChI=1S/C14H15FN2O/c15-12-4-5-14(13(16)7-12)17-8-10-2-1-3-11(6-10)9-18/h1-7,17-18H,8-9,16H2. The molecule has 0 heterocycles. The molecule has 0 aliphatic heterocycles. The van der Waals surface area contributed by atoms with Gasteiger partial charge in [0.2, 0.25) is 0 Å². The molecule has 0 saturated carbocycles. The summed E-state index contributed by atoms with van der Waals surface area (Å²) in [6.45, 7) is 0.593. The van der Waals surface area contributed by atoms with Crippen LogP contribution in [0, 0.1) is 5.82 Å². The van der Waals surface area contributed by atoms with Crippen LogP contribution in [0.15, 0.2) is 42.5 Å². The van der Waals surface area contributed by atoms with Crippen molar-refractivity contribution in [3.05, 3.63) is 59.4 Å². The molecule has 0 amide bonds. The summed E-state index contributed by atoms with van der Waals surface area (Å²) < 4.78 is 12.9. The highest BCUT2D eigenvalue weighted by atomic mass is 19.1. The molecule has 2 aromatic rings. The van der Waals surface area contributed by atoms with E-state index in [0.29, 0.717) is 17.9 Å². The molecule has 4 heteroatoms. The van der Waals surface area contributed by atoms with Crippen LogP contribution in [0.5, 0.6) is 0 Å². The van der Waals surface area contributed by atoms with E-state index in [2.05, 4.69) is 5.32 Å². The Hall–Kier alpha value is -2.07. The third kappa shape index (κ3) is 2.99. The Morgan fingerprint density at radius 1 is 1.11 bits per heavy atom. The van der Waals surface area contributed by atoms with Gasteiger partial charge in [-0.2, -0.15) is 0 Å². The molecule has 0 fully saturated rings. The number of hydrogen-bond acceptors (Lipinski definition) is 3. The summed E-state index contributed by atoms with van der Waals surface area (Å²) >= 11 is 0. The van der Waals surface area contributed by atoms with Crippen molar-refractivity contribution in [1.82, 2.24) is 0 Å². The second kappa shape index (κ2) is 5.51. The maximum Gasteiger partial charge on any atom is 0.125 e. The summed E-state index contributed by atoms with van der Waals surface area (Å²) in [5.41, 5.74) is 8.68. The fourth-order valence-corrected chi connectivity index (χ4v) is 1.73. The van der Waals surface area contributed by atoms with E-state index in [1.165, 1.54) is 12.1 Å². The molecule has 0 atom stereocenters. The maximum absolute atomic E-state index is 12.9. The Bertz CT molecular complexity index is 543. The molecule has 2 rings (SSSR count). The van der Waals surface area contributed by atoms with E-state index in [9.17, 15) is 4.39 Å². The molecule has 0 aliphatic rings. The Kier molecular flexibility index (Phi) is 3.79. The van der Waals surface area contributed by atoms with E-state index in [4.69, 9.17) is 10.8 Å². The van der Waals surface area contributed by atoms with Gasteiger partial charge >= 0.3 is 0 Å². The molecule has 94 valence electrons. The molecule has 0 radical (unpaired) electrons. The second-order valence-electron chi connectivity index (χ2n) is 4.06. The number of nitrogen functional groups attached to an aromatic ring is 1. The number of benzene rings is 2. The number of aliphatic hydroxyl groups is 1. The van der Waals surface area contributed by atoms with Gasteiger partial charge in [0.1, 0.15) is 5.82 Å². The van der Waals surface area contributed by atoms with Gasteiger partial charge in [-0.25, -0.2) is 4.39 Å². The number of hydrogen-bond donors (Lipinski definition) is 3. The number of nitrogens with one attached hydrogen (secondary N) is 1. The molecule has 0 aliphatic carbocycles. The highest BCUT2D eigenvalue weighted by molar-refractivity contribution is 5.65. The van der Waals surface area contributed by atoms with Crippen LogP contribution in [0.4, 0.5) is 15.8 Å². The normalized spacial score (nSPS) is 10.3. The highest BCUT2D eigenvalue weighted by Crippen LogP contribution is 2.20. The molecule has 0 spiro atoms. The van der Waals surface area contributed by atoms with E-state index in [1.807, 2.05) is 24.3 Å². The number of anilines is 2. The van der Waals surface area contributed by atoms with Crippen LogP contribution < -0.4 is 11.1 Å². The van der Waals surface area contributed by atoms with E-state index in [1.54, 1.807) is 6.07 Å². The van der Waals surface area contributed by atoms with Gasteiger partial charge in [0.15, 0.2) is 0 Å². The van der Waals surface area contributed by atoms with Crippen molar-refractivity contribution in [2.24, 2.45) is 0 Å². The Labute approximate surface area is 105 Å². The van der Waals surface area contributed by atoms with Crippen molar-refractivity contribution >= 4 is 11.4 Å². The summed E-state index contributed by atoms with van der Waals surface area (Å²) in [4.78, 5) is 0. The zero-order valence-electron chi connectivity index (χ0n) is 9.86. The minimum Gasteiger partial charge on any atom is -0.397 e. The predicted molar refractivity (Wildman–Crippen MR) is 70.5 cm³/mol. The first kappa shape index (κ1) is 12.4. The third-order valence-corrected chi connectivity index (χ3v) is 2.67. The Morgan fingerprint density at radius 2 is 1.89 bits per heavy atom. The molecule has 0 aromatic heterocycles. The summed E-state index contributed by atoms with van der Waals surface area (Å²) in [6.07, 6.45) is 0. The summed E-state index contributed by atoms with van der Waals surface area (Å²) in [7, 11) is 0. The van der Waals surface area contributed by atoms with Gasteiger partial charge in [-0.15, -0.1) is 0 Å². The van der Waals surface area contributed by atoms with Gasteiger partial charge < -0.3 is 16.2 Å². The average molecular weight is 246 g/mol. The first-order valence-electron chi connectivity index (χ1n) is 5.66. The van der Waals surface area contributed by atoms with Gasteiger partial charge in [-0.05, 0) is 29.3 Å². The second-order valence-corrected chi connectivity index (χ2v) is 4.06. The van der Waals surface area contributed by atoms with Crippen molar-refractivity contribution < 1.29 is 9.50 Å². The first-order valence-corrected chi connectivity index (χ1v) is 5.66. The molecule has 3 nitrogen and oxygen atoms in total. The van der Waals surface area contributed by atoms with E-state index < -0.39 is 0 Å². The SMILES string of the molecule is Nc1cc(F)ccc1NCc1cccc(CO)c1. The molecule has 0 bridgehead atoms. The smallest absolute Gasteiger partial charge is 0.125 e. The number of rotatable bonds is 4. The molecule has 0 saturated heterocycles. The number of nitrogens with two attached hydrogens (primary N) is 1. The van der Waals surface area contributed by atoms with Gasteiger partial charge in [-0.3, -0.25) is 0 Å². The van der Waals surface area contributed by atoms with Crippen molar-refractivity contribution in [3.63, 3.8) is 0 Å². The van der Waals surface area contributed by atoms with Crippen LogP contribution in [-0.4, -0.2) is 5.11 Å². The zero-order valence-corrected chi connectivity index (χ0v) is 9.86. The van der Waals surface area contributed by atoms with Gasteiger partial charge in [0.05, 0.1) is 18.0 Å². The van der Waals surface area contributed by atoms with E-state index in [0.717, 1.165) is 11.1 Å². The summed E-state index contributed by atoms with van der Waals surface area (Å²) in [5, 5.41) is 12.2. The molecule has 0 unspecified atom stereocenters. The Balaban J connectivity index is 2.06. The minimum absolute atomic E-state index is 0.0204. The van der Waals surface area contributed by atoms with Crippen LogP contribution >= 0.6 is 0 Å². The zero-order chi connectivity index (χ0) is 13.0. The van der Waals surface area contributed by atoms with Crippen LogP contribution in [-0.2, 0) is 13.2 Å². The van der Waals surface area contributed by atoms with Crippen molar-refractivity contribution in [2.45, 2.75) is 13.2 Å². The summed E-state index contributed by atoms with van der Waals surface area (Å²) in [5.74, 6) is -0.347. The number of aliphatic hydroxyl groups excluding tert-OH is 1. The van der Waals surface area contributed by atoms with Crippen LogP contribution in [0.3, 0.4) is 0 Å². The number of halogens is 1. The lowest BCUT2D eigenvalue weighted by molar-refractivity contribution is 0.281. The fraction of sp³-hybridized carbons (Fsp3) is 0.143. The first-order chi connectivity index (χ1) is 8.69. The average Bonchev–Trinajstić information content (AvgIpc) is 2.38. The monoisotopic (exact) mass is 246 g/mol. The quantitative estimate of drug-likeness (QED) is 0.726. The van der Waals surface area contributed by atoms with E-state index >= 15 is 0 Å². The van der Waals surface area contributed by atoms with Gasteiger partial charge in [0, 0.05) is 6.54 Å². The van der Waals surface area contributed by atoms with E-state index in [-0.39, 0.29) is 12.4 Å². The predicted octanol–water partition coefficient (Wildman–Crippen LogP) is 2.51. The lowest BCUT2D eigenvalue weighted by Gasteiger charge is -2.10. The summed E-state index contributed by atoms with van der Waals surface area (Å²) in [6, 6.07) is 11.9. The lowest BCUT2D eigenvalue weighted by atomic mass is 10.1. The van der Waals surface area contributed by atoms with Crippen LogP contribution in [0.1, 0.15) is 11.1 Å². The molecule has 4 N–H and O–H groups in total. The molecular weight excluding hydrogens is 231 g/mol. The van der Waals surface area contributed by atoms with Crippen molar-refractivity contribution in [3.8, 4) is 0 Å². The largest absolute Gasteiger partial charge is 0.397 e. The van der Waals surface area contributed by atoms with Crippen molar-refractivity contribution in [1.29, 1.82) is 0 Å². The topological polar surface area (TPSA) is 58.3 Å². The molecule has 2 aromatic carbocycles. The highest BCUT2D eigenvalue weighted by Gasteiger charge is 2.01. The molecule has 18 heavy (non-hydrogen) atoms. The van der Waals surface area contributed by atoms with Crippen LogP contribution in [0.2, 0.25) is 0 Å². The fourth-order valence-electron chi connectivity index (χ4n) is 1.73. The van der Waals surface area contributed by atoms with Crippen LogP contribution in [0.25, 0.3) is 0 Å². The minimum atomic E-state index is -0.347. The van der Waals surface area contributed by atoms with Gasteiger partial charge in [-0.1, -0.05) is 24.3 Å². The maximum atomic E-state index is 12.9.